The largest absolute Gasteiger partial charge is 0.455 e. The van der Waals surface area contributed by atoms with Gasteiger partial charge in [-0.25, -0.2) is 4.79 Å². The quantitative estimate of drug-likeness (QED) is 0.472. The summed E-state index contributed by atoms with van der Waals surface area (Å²) in [5, 5.41) is -4.49. The van der Waals surface area contributed by atoms with Crippen molar-refractivity contribution >= 4 is 16.1 Å². The van der Waals surface area contributed by atoms with E-state index >= 15 is 0 Å². The maximum Gasteiger partial charge on any atom is 0.402 e. The Bertz CT molecular complexity index is 464. The van der Waals surface area contributed by atoms with Gasteiger partial charge in [0.05, 0.1) is 0 Å². The Hall–Kier alpha value is -1.28. The summed E-state index contributed by atoms with van der Waals surface area (Å²) >= 11 is 0. The van der Waals surface area contributed by atoms with E-state index in [1.54, 1.807) is 12.2 Å². The third-order valence-electron chi connectivity index (χ3n) is 2.02. The molecule has 0 saturated heterocycles. The lowest BCUT2D eigenvalue weighted by Crippen LogP contribution is -2.34. The molecule has 1 aliphatic rings. The molecule has 1 aliphatic carbocycles. The Balaban J connectivity index is 2.57. The number of hydrogen-bond donors (Lipinski definition) is 1. The average Bonchev–Trinajstić information content (AvgIpc) is 2.25. The van der Waals surface area contributed by atoms with E-state index in [1.807, 2.05) is 0 Å². The van der Waals surface area contributed by atoms with E-state index in [2.05, 4.69) is 4.74 Å². The molecular formula is C9H10F2O5S. The van der Waals surface area contributed by atoms with Gasteiger partial charge in [0.25, 0.3) is 0 Å². The van der Waals surface area contributed by atoms with E-state index in [4.69, 9.17) is 4.55 Å². The molecule has 17 heavy (non-hydrogen) atoms. The average molecular weight is 268 g/mol. The molecule has 0 radical (unpaired) electrons. The monoisotopic (exact) mass is 268 g/mol. The maximum atomic E-state index is 12.7. The Morgan fingerprint density at radius 3 is 2.59 bits per heavy atom. The van der Waals surface area contributed by atoms with Gasteiger partial charge >= 0.3 is 21.3 Å². The van der Waals surface area contributed by atoms with Crippen LogP contribution in [0.1, 0.15) is 12.8 Å². The van der Waals surface area contributed by atoms with Crippen LogP contribution in [0.2, 0.25) is 0 Å². The first-order valence-corrected chi connectivity index (χ1v) is 6.04. The molecule has 0 aliphatic heterocycles. The van der Waals surface area contributed by atoms with Crippen molar-refractivity contribution in [3.63, 3.8) is 0 Å². The lowest BCUT2D eigenvalue weighted by molar-refractivity contribution is -0.145. The van der Waals surface area contributed by atoms with Gasteiger partial charge in [0.1, 0.15) is 0 Å². The highest BCUT2D eigenvalue weighted by Crippen LogP contribution is 2.22. The van der Waals surface area contributed by atoms with E-state index in [0.717, 1.165) is 0 Å². The molecule has 0 aromatic rings. The summed E-state index contributed by atoms with van der Waals surface area (Å²) in [5.41, 5.74) is 0.179. The van der Waals surface area contributed by atoms with Crippen LogP contribution in [0.15, 0.2) is 23.8 Å². The molecule has 0 saturated carbocycles. The zero-order valence-corrected chi connectivity index (χ0v) is 9.41. The van der Waals surface area contributed by atoms with Crippen molar-refractivity contribution in [1.29, 1.82) is 0 Å². The zero-order chi connectivity index (χ0) is 13.1. The number of rotatable bonds is 4. The van der Waals surface area contributed by atoms with Crippen LogP contribution >= 0.6 is 0 Å². The molecule has 0 fully saturated rings. The lowest BCUT2D eigenvalue weighted by Gasteiger charge is -2.14. The van der Waals surface area contributed by atoms with Crippen LogP contribution in [0.4, 0.5) is 8.78 Å². The standard InChI is InChI=1S/C9H10F2O5S/c10-9(11,17(13,14)15)6-16-8(12)7-4-2-1-3-5-7/h1-2,5H,3-4,6H2,(H,13,14,15). The molecule has 0 atom stereocenters. The van der Waals surface area contributed by atoms with E-state index < -0.39 is 27.9 Å². The highest BCUT2D eigenvalue weighted by molar-refractivity contribution is 7.86. The molecule has 0 aromatic heterocycles. The highest BCUT2D eigenvalue weighted by Gasteiger charge is 2.45. The highest BCUT2D eigenvalue weighted by atomic mass is 32.2. The number of carbonyl (C=O) groups excluding carboxylic acids is 1. The SMILES string of the molecule is O=C(OCC(F)(F)S(=O)(=O)O)C1=CCC=CC1. The second-order valence-corrected chi connectivity index (χ2v) is 4.88. The number of carbonyl (C=O) groups is 1. The first-order valence-electron chi connectivity index (χ1n) is 4.60. The molecule has 0 amide bonds. The molecule has 96 valence electrons. The molecule has 1 N–H and O–H groups in total. The third-order valence-corrected chi connectivity index (χ3v) is 2.89. The van der Waals surface area contributed by atoms with Crippen LogP contribution in [0, 0.1) is 0 Å². The van der Waals surface area contributed by atoms with Crippen LogP contribution in [-0.4, -0.2) is 30.8 Å². The van der Waals surface area contributed by atoms with Crippen molar-refractivity contribution in [2.24, 2.45) is 0 Å². The smallest absolute Gasteiger partial charge is 0.402 e. The Morgan fingerprint density at radius 1 is 1.47 bits per heavy atom. The van der Waals surface area contributed by atoms with Crippen LogP contribution in [0.5, 0.6) is 0 Å². The predicted molar refractivity (Wildman–Crippen MR) is 53.9 cm³/mol. The molecule has 5 nitrogen and oxygen atoms in total. The number of alkyl halides is 2. The Morgan fingerprint density at radius 2 is 2.12 bits per heavy atom. The normalized spacial score (nSPS) is 16.5. The van der Waals surface area contributed by atoms with E-state index in [1.165, 1.54) is 6.08 Å². The Kier molecular flexibility index (Phi) is 3.99. The van der Waals surface area contributed by atoms with Gasteiger partial charge in [-0.1, -0.05) is 18.2 Å². The zero-order valence-electron chi connectivity index (χ0n) is 8.60. The summed E-state index contributed by atoms with van der Waals surface area (Å²) in [5.74, 6) is -1.02. The maximum absolute atomic E-state index is 12.7. The van der Waals surface area contributed by atoms with Crippen molar-refractivity contribution in [2.45, 2.75) is 18.1 Å². The summed E-state index contributed by atoms with van der Waals surface area (Å²) in [4.78, 5) is 11.2. The van der Waals surface area contributed by atoms with Crippen molar-refractivity contribution in [3.8, 4) is 0 Å². The van der Waals surface area contributed by atoms with E-state index in [0.29, 0.717) is 6.42 Å². The predicted octanol–water partition coefficient (Wildman–Crippen LogP) is 1.29. The van der Waals surface area contributed by atoms with Gasteiger partial charge in [-0.15, -0.1) is 0 Å². The molecule has 0 spiro atoms. The fourth-order valence-electron chi connectivity index (χ4n) is 1.08. The lowest BCUT2D eigenvalue weighted by atomic mass is 10.1. The molecule has 0 heterocycles. The van der Waals surface area contributed by atoms with Crippen LogP contribution in [0.3, 0.4) is 0 Å². The summed E-state index contributed by atoms with van der Waals surface area (Å²) in [7, 11) is -5.57. The van der Waals surface area contributed by atoms with Crippen molar-refractivity contribution < 1.29 is 31.3 Å². The molecule has 1 rings (SSSR count). The summed E-state index contributed by atoms with van der Waals surface area (Å²) in [6.45, 7) is -1.70. The first kappa shape index (κ1) is 13.8. The number of ether oxygens (including phenoxy) is 1. The van der Waals surface area contributed by atoms with Crippen molar-refractivity contribution in [3.05, 3.63) is 23.8 Å². The summed E-state index contributed by atoms with van der Waals surface area (Å²) in [6, 6.07) is 0. The van der Waals surface area contributed by atoms with Gasteiger partial charge in [0.2, 0.25) is 0 Å². The van der Waals surface area contributed by atoms with Crippen LogP contribution in [-0.2, 0) is 19.6 Å². The minimum absolute atomic E-state index is 0.179. The fraction of sp³-hybridized carbons (Fsp3) is 0.444. The van der Waals surface area contributed by atoms with Gasteiger partial charge in [-0.2, -0.15) is 17.2 Å². The second kappa shape index (κ2) is 4.92. The summed E-state index contributed by atoms with van der Waals surface area (Å²) < 4.78 is 58.2. The van der Waals surface area contributed by atoms with Crippen molar-refractivity contribution in [1.82, 2.24) is 0 Å². The third kappa shape index (κ3) is 3.60. The fourth-order valence-corrected chi connectivity index (χ4v) is 1.29. The number of allylic oxidation sites excluding steroid dienone is 3. The minimum Gasteiger partial charge on any atom is -0.455 e. The number of hydrogen-bond acceptors (Lipinski definition) is 4. The molecule has 0 bridgehead atoms. The van der Waals surface area contributed by atoms with E-state index in [9.17, 15) is 22.0 Å². The molecular weight excluding hydrogens is 258 g/mol. The van der Waals surface area contributed by atoms with Gasteiger partial charge < -0.3 is 4.74 Å². The van der Waals surface area contributed by atoms with Gasteiger partial charge in [-0.3, -0.25) is 4.55 Å². The van der Waals surface area contributed by atoms with Crippen LogP contribution in [0.25, 0.3) is 0 Å². The molecule has 8 heteroatoms. The van der Waals surface area contributed by atoms with E-state index in [-0.39, 0.29) is 12.0 Å². The number of esters is 1. The number of halogens is 2. The minimum atomic E-state index is -5.57. The summed E-state index contributed by atoms with van der Waals surface area (Å²) in [6.07, 6.45) is 5.67. The first-order chi connectivity index (χ1) is 7.74. The van der Waals surface area contributed by atoms with Crippen molar-refractivity contribution in [2.75, 3.05) is 6.61 Å². The topological polar surface area (TPSA) is 80.7 Å². The molecule has 0 unspecified atom stereocenters. The van der Waals surface area contributed by atoms with Crippen LogP contribution < -0.4 is 0 Å². The second-order valence-electron chi connectivity index (χ2n) is 3.33. The Labute approximate surface area is 96.5 Å². The van der Waals surface area contributed by atoms with Gasteiger partial charge in [-0.05, 0) is 12.8 Å². The van der Waals surface area contributed by atoms with Gasteiger partial charge in [0.15, 0.2) is 6.61 Å². The molecule has 0 aromatic carbocycles. The van der Waals surface area contributed by atoms with Gasteiger partial charge in [0, 0.05) is 5.57 Å².